The van der Waals surface area contributed by atoms with Crippen LogP contribution in [-0.2, 0) is 0 Å². The van der Waals surface area contributed by atoms with Crippen molar-refractivity contribution in [2.75, 3.05) is 0 Å². The lowest BCUT2D eigenvalue weighted by Crippen LogP contribution is -1.93. The van der Waals surface area contributed by atoms with Gasteiger partial charge in [-0.3, -0.25) is 9.38 Å². The highest BCUT2D eigenvalue weighted by atomic mass is 15.0. The molecule has 0 unspecified atom stereocenters. The van der Waals surface area contributed by atoms with Crippen LogP contribution in [0.15, 0.2) is 61.2 Å². The number of imidazole rings is 1. The van der Waals surface area contributed by atoms with Gasteiger partial charge >= 0.3 is 0 Å². The topological polar surface area (TPSA) is 43.1 Å². The van der Waals surface area contributed by atoms with Gasteiger partial charge in [-0.1, -0.05) is 6.07 Å². The number of rotatable bonds is 0. The molecule has 4 heteroatoms. The van der Waals surface area contributed by atoms with E-state index in [9.17, 15) is 0 Å². The number of pyridine rings is 3. The van der Waals surface area contributed by atoms with E-state index in [-0.39, 0.29) is 0 Å². The molecular formula is C17H10N4. The fourth-order valence-electron chi connectivity index (χ4n) is 3.00. The summed E-state index contributed by atoms with van der Waals surface area (Å²) in [5, 5.41) is 4.53. The summed E-state index contributed by atoms with van der Waals surface area (Å²) in [6.07, 6.45) is 7.40. The van der Waals surface area contributed by atoms with E-state index >= 15 is 0 Å². The third-order valence-electron chi connectivity index (χ3n) is 3.93. The van der Waals surface area contributed by atoms with E-state index in [4.69, 9.17) is 0 Å². The van der Waals surface area contributed by atoms with Crippen LogP contribution in [0, 0.1) is 0 Å². The molecule has 0 radical (unpaired) electrons. The van der Waals surface area contributed by atoms with Crippen LogP contribution < -0.4 is 0 Å². The monoisotopic (exact) mass is 270 g/mol. The molecule has 0 N–H and O–H groups in total. The Hall–Kier alpha value is -3.01. The molecule has 0 aliphatic heterocycles. The molecular weight excluding hydrogens is 260 g/mol. The zero-order valence-electron chi connectivity index (χ0n) is 11.1. The lowest BCUT2D eigenvalue weighted by molar-refractivity contribution is 1.20. The fourth-order valence-corrected chi connectivity index (χ4v) is 3.00. The summed E-state index contributed by atoms with van der Waals surface area (Å²) in [6.45, 7) is 0. The molecule has 0 saturated carbocycles. The van der Waals surface area contributed by atoms with Gasteiger partial charge in [0.05, 0.1) is 5.52 Å². The highest BCUT2D eigenvalue weighted by Gasteiger charge is 2.10. The number of aromatic nitrogens is 4. The van der Waals surface area contributed by atoms with Gasteiger partial charge in [-0.2, -0.15) is 0 Å². The largest absolute Gasteiger partial charge is 0.283 e. The predicted molar refractivity (Wildman–Crippen MR) is 83.3 cm³/mol. The Morgan fingerprint density at radius 3 is 2.52 bits per heavy atom. The third kappa shape index (κ3) is 1.36. The zero-order chi connectivity index (χ0) is 13.8. The maximum Gasteiger partial charge on any atom is 0.146 e. The van der Waals surface area contributed by atoms with E-state index in [1.54, 1.807) is 0 Å². The van der Waals surface area contributed by atoms with Crippen LogP contribution in [0.3, 0.4) is 0 Å². The van der Waals surface area contributed by atoms with E-state index < -0.39 is 0 Å². The molecule has 0 aliphatic carbocycles. The maximum absolute atomic E-state index is 4.52. The van der Waals surface area contributed by atoms with Crippen molar-refractivity contribution in [1.29, 1.82) is 0 Å². The maximum atomic E-state index is 4.52. The Labute approximate surface area is 119 Å². The number of fused-ring (bicyclic) bond motifs is 7. The van der Waals surface area contributed by atoms with Crippen LogP contribution in [0.25, 0.3) is 38.4 Å². The van der Waals surface area contributed by atoms with Crippen molar-refractivity contribution >= 4 is 38.4 Å². The highest BCUT2D eigenvalue weighted by Crippen LogP contribution is 2.30. The Morgan fingerprint density at radius 1 is 0.714 bits per heavy atom. The zero-order valence-corrected chi connectivity index (χ0v) is 11.1. The first-order valence-electron chi connectivity index (χ1n) is 6.80. The van der Waals surface area contributed by atoms with Gasteiger partial charge in [0.15, 0.2) is 0 Å². The lowest BCUT2D eigenvalue weighted by atomic mass is 10.0. The van der Waals surface area contributed by atoms with Crippen LogP contribution in [-0.4, -0.2) is 19.4 Å². The van der Waals surface area contributed by atoms with Gasteiger partial charge in [0.1, 0.15) is 11.3 Å². The van der Waals surface area contributed by atoms with Crippen LogP contribution in [0.5, 0.6) is 0 Å². The second-order valence-corrected chi connectivity index (χ2v) is 5.09. The summed E-state index contributed by atoms with van der Waals surface area (Å²) in [4.78, 5) is 13.5. The van der Waals surface area contributed by atoms with Crippen molar-refractivity contribution in [1.82, 2.24) is 19.4 Å². The van der Waals surface area contributed by atoms with Gasteiger partial charge < -0.3 is 0 Å². The van der Waals surface area contributed by atoms with E-state index in [0.717, 1.165) is 38.4 Å². The molecule has 1 aromatic carbocycles. The SMILES string of the molecule is c1cnc2cc3c(cc2c1)c1cccnc1n1ccnc31. The molecule has 21 heavy (non-hydrogen) atoms. The molecule has 0 bridgehead atoms. The van der Waals surface area contributed by atoms with Gasteiger partial charge in [0.25, 0.3) is 0 Å². The number of hydrogen-bond acceptors (Lipinski definition) is 3. The van der Waals surface area contributed by atoms with Gasteiger partial charge in [-0.05, 0) is 35.7 Å². The molecule has 4 heterocycles. The van der Waals surface area contributed by atoms with Gasteiger partial charge in [0.2, 0.25) is 0 Å². The summed E-state index contributed by atoms with van der Waals surface area (Å²) in [6, 6.07) is 12.4. The predicted octanol–water partition coefficient (Wildman–Crippen LogP) is 3.58. The second-order valence-electron chi connectivity index (χ2n) is 5.09. The van der Waals surface area contributed by atoms with Crippen LogP contribution in [0.4, 0.5) is 0 Å². The molecule has 0 aliphatic rings. The number of benzene rings is 1. The molecule has 4 nitrogen and oxygen atoms in total. The molecule has 5 aromatic rings. The number of nitrogens with zero attached hydrogens (tertiary/aromatic N) is 4. The Bertz CT molecular complexity index is 1140. The average Bonchev–Trinajstić information content (AvgIpc) is 3.03. The van der Waals surface area contributed by atoms with E-state index in [2.05, 4.69) is 39.2 Å². The Morgan fingerprint density at radius 2 is 1.52 bits per heavy atom. The first-order chi connectivity index (χ1) is 10.4. The summed E-state index contributed by atoms with van der Waals surface area (Å²) >= 11 is 0. The molecule has 98 valence electrons. The lowest BCUT2D eigenvalue weighted by Gasteiger charge is -2.08. The van der Waals surface area contributed by atoms with Crippen LogP contribution in [0.1, 0.15) is 0 Å². The molecule has 0 spiro atoms. The van der Waals surface area contributed by atoms with Crippen molar-refractivity contribution in [2.45, 2.75) is 0 Å². The van der Waals surface area contributed by atoms with Crippen LogP contribution in [0.2, 0.25) is 0 Å². The molecule has 0 amide bonds. The minimum atomic E-state index is 0.920. The van der Waals surface area contributed by atoms with Crippen molar-refractivity contribution in [2.24, 2.45) is 0 Å². The molecule has 4 aromatic heterocycles. The van der Waals surface area contributed by atoms with Crippen LogP contribution >= 0.6 is 0 Å². The third-order valence-corrected chi connectivity index (χ3v) is 3.93. The van der Waals surface area contributed by atoms with Gasteiger partial charge in [-0.15, -0.1) is 0 Å². The molecule has 0 atom stereocenters. The summed E-state index contributed by atoms with van der Waals surface area (Å²) in [5.41, 5.74) is 2.84. The average molecular weight is 270 g/mol. The Balaban J connectivity index is 2.18. The molecule has 0 fully saturated rings. The van der Waals surface area contributed by atoms with E-state index in [0.29, 0.717) is 0 Å². The van der Waals surface area contributed by atoms with E-state index in [1.807, 2.05) is 41.3 Å². The highest BCUT2D eigenvalue weighted by molar-refractivity contribution is 6.14. The van der Waals surface area contributed by atoms with Crippen molar-refractivity contribution in [3.8, 4) is 0 Å². The Kier molecular flexibility index (Phi) is 1.92. The first kappa shape index (κ1) is 10.7. The van der Waals surface area contributed by atoms with Crippen molar-refractivity contribution in [3.05, 3.63) is 61.2 Å². The summed E-state index contributed by atoms with van der Waals surface area (Å²) < 4.78 is 2.03. The normalized spacial score (nSPS) is 11.8. The first-order valence-corrected chi connectivity index (χ1v) is 6.80. The van der Waals surface area contributed by atoms with E-state index in [1.165, 1.54) is 0 Å². The number of hydrogen-bond donors (Lipinski definition) is 0. The molecule has 5 rings (SSSR count). The standard InChI is InChI=1S/C17H10N4/c1-3-11-9-13-12-4-2-6-19-16(12)21-8-7-20-17(21)14(13)10-15(11)18-5-1/h1-10H. The smallest absolute Gasteiger partial charge is 0.146 e. The minimum absolute atomic E-state index is 0.920. The second kappa shape index (κ2) is 3.76. The van der Waals surface area contributed by atoms with Crippen molar-refractivity contribution < 1.29 is 0 Å². The summed E-state index contributed by atoms with van der Waals surface area (Å²) in [7, 11) is 0. The van der Waals surface area contributed by atoms with Crippen molar-refractivity contribution in [3.63, 3.8) is 0 Å². The summed E-state index contributed by atoms with van der Waals surface area (Å²) in [5.74, 6) is 0. The van der Waals surface area contributed by atoms with Gasteiger partial charge in [-0.25, -0.2) is 9.97 Å². The quantitative estimate of drug-likeness (QED) is 0.319. The van der Waals surface area contributed by atoms with Gasteiger partial charge in [0, 0.05) is 40.9 Å². The minimum Gasteiger partial charge on any atom is -0.283 e. The molecule has 0 saturated heterocycles. The fraction of sp³-hybridized carbons (Fsp3) is 0.